The fraction of sp³-hybridized carbons (Fsp3) is 0.0588. The molecule has 0 aliphatic rings. The van der Waals surface area contributed by atoms with Gasteiger partial charge in [0.15, 0.2) is 0 Å². The Hall–Kier alpha value is -2.16. The first-order valence-electron chi connectivity index (χ1n) is 6.66. The van der Waals surface area contributed by atoms with E-state index in [4.69, 9.17) is 16.9 Å². The van der Waals surface area contributed by atoms with Gasteiger partial charge in [-0.05, 0) is 30.3 Å². The van der Waals surface area contributed by atoms with Crippen molar-refractivity contribution in [3.63, 3.8) is 0 Å². The summed E-state index contributed by atoms with van der Waals surface area (Å²) in [7, 11) is 0. The highest BCUT2D eigenvalue weighted by Crippen LogP contribution is 2.21. The van der Waals surface area contributed by atoms with Gasteiger partial charge < -0.3 is 4.57 Å². The lowest BCUT2D eigenvalue weighted by atomic mass is 10.1. The van der Waals surface area contributed by atoms with E-state index in [0.717, 1.165) is 0 Å². The van der Waals surface area contributed by atoms with Crippen LogP contribution < -0.4 is 5.43 Å². The molecule has 0 aliphatic carbocycles. The first-order chi connectivity index (χ1) is 11.0. The third-order valence-corrected chi connectivity index (χ3v) is 4.25. The fourth-order valence-corrected chi connectivity index (χ4v) is 2.92. The highest BCUT2D eigenvalue weighted by molar-refractivity contribution is 9.10. The van der Waals surface area contributed by atoms with Gasteiger partial charge in [-0.25, -0.2) is 4.39 Å². The number of nitriles is 1. The first kappa shape index (κ1) is 15.7. The Bertz CT molecular complexity index is 1020. The summed E-state index contributed by atoms with van der Waals surface area (Å²) in [4.78, 5) is 12.3. The summed E-state index contributed by atoms with van der Waals surface area (Å²) in [5.74, 6) is -0.362. The SMILES string of the molecule is N#Cc1cn(Cc2ccc(Br)cc2F)c2ccc(Cl)cc2c1=O. The Labute approximate surface area is 144 Å². The van der Waals surface area contributed by atoms with Gasteiger partial charge in [0, 0.05) is 26.6 Å². The molecule has 0 unspecified atom stereocenters. The molecule has 23 heavy (non-hydrogen) atoms. The molecule has 0 aliphatic heterocycles. The summed E-state index contributed by atoms with van der Waals surface area (Å²) in [6.07, 6.45) is 1.44. The molecular weight excluding hydrogens is 383 g/mol. The minimum Gasteiger partial charge on any atom is -0.341 e. The van der Waals surface area contributed by atoms with Crippen molar-refractivity contribution in [2.75, 3.05) is 0 Å². The molecule has 0 bridgehead atoms. The minimum atomic E-state index is -0.377. The molecule has 6 heteroatoms. The number of fused-ring (bicyclic) bond motifs is 1. The molecule has 0 atom stereocenters. The second-order valence-corrected chi connectivity index (χ2v) is 6.36. The van der Waals surface area contributed by atoms with Gasteiger partial charge in [0.1, 0.15) is 17.4 Å². The number of rotatable bonds is 2. The van der Waals surface area contributed by atoms with Gasteiger partial charge in [0.2, 0.25) is 5.43 Å². The van der Waals surface area contributed by atoms with Gasteiger partial charge in [-0.15, -0.1) is 0 Å². The highest BCUT2D eigenvalue weighted by Gasteiger charge is 2.11. The van der Waals surface area contributed by atoms with Gasteiger partial charge in [-0.3, -0.25) is 4.79 Å². The van der Waals surface area contributed by atoms with Crippen molar-refractivity contribution >= 4 is 38.4 Å². The average molecular weight is 392 g/mol. The van der Waals surface area contributed by atoms with Crippen LogP contribution in [0.3, 0.4) is 0 Å². The van der Waals surface area contributed by atoms with Crippen LogP contribution in [0.1, 0.15) is 11.1 Å². The first-order valence-corrected chi connectivity index (χ1v) is 7.83. The molecule has 3 nitrogen and oxygen atoms in total. The van der Waals surface area contributed by atoms with Crippen LogP contribution >= 0.6 is 27.5 Å². The number of hydrogen-bond donors (Lipinski definition) is 0. The third kappa shape index (κ3) is 3.00. The number of benzene rings is 2. The van der Waals surface area contributed by atoms with Crippen molar-refractivity contribution in [3.8, 4) is 6.07 Å². The number of halogens is 3. The Balaban J connectivity index is 2.23. The van der Waals surface area contributed by atoms with E-state index in [1.54, 1.807) is 28.8 Å². The largest absolute Gasteiger partial charge is 0.341 e. The molecule has 0 radical (unpaired) electrons. The van der Waals surface area contributed by atoms with E-state index in [0.29, 0.717) is 26.0 Å². The van der Waals surface area contributed by atoms with E-state index in [-0.39, 0.29) is 23.4 Å². The molecule has 0 saturated carbocycles. The van der Waals surface area contributed by atoms with Crippen molar-refractivity contribution in [3.05, 3.63) is 79.3 Å². The normalized spacial score (nSPS) is 10.7. The Morgan fingerprint density at radius 3 is 2.74 bits per heavy atom. The van der Waals surface area contributed by atoms with E-state index in [2.05, 4.69) is 15.9 Å². The van der Waals surface area contributed by atoms with Crippen molar-refractivity contribution in [1.29, 1.82) is 5.26 Å². The lowest BCUT2D eigenvalue weighted by molar-refractivity contribution is 0.600. The van der Waals surface area contributed by atoms with Crippen molar-refractivity contribution in [2.45, 2.75) is 6.54 Å². The summed E-state index contributed by atoms with van der Waals surface area (Å²) in [6, 6.07) is 11.5. The van der Waals surface area contributed by atoms with Crippen LogP contribution in [0.4, 0.5) is 4.39 Å². The maximum absolute atomic E-state index is 14.1. The molecule has 0 fully saturated rings. The molecule has 0 amide bonds. The molecule has 2 aromatic carbocycles. The Kier molecular flexibility index (Phi) is 4.20. The van der Waals surface area contributed by atoms with E-state index < -0.39 is 0 Å². The van der Waals surface area contributed by atoms with Crippen LogP contribution in [-0.4, -0.2) is 4.57 Å². The van der Waals surface area contributed by atoms with Gasteiger partial charge in [0.05, 0.1) is 12.1 Å². The molecule has 3 aromatic rings. The van der Waals surface area contributed by atoms with Crippen molar-refractivity contribution < 1.29 is 4.39 Å². The summed E-state index contributed by atoms with van der Waals surface area (Å²) in [6.45, 7) is 0.201. The summed E-state index contributed by atoms with van der Waals surface area (Å²) >= 11 is 9.16. The Morgan fingerprint density at radius 1 is 1.26 bits per heavy atom. The fourth-order valence-electron chi connectivity index (χ4n) is 2.41. The monoisotopic (exact) mass is 390 g/mol. The van der Waals surface area contributed by atoms with E-state index in [9.17, 15) is 9.18 Å². The average Bonchev–Trinajstić information content (AvgIpc) is 2.52. The maximum Gasteiger partial charge on any atom is 0.207 e. The second-order valence-electron chi connectivity index (χ2n) is 5.01. The minimum absolute atomic E-state index is 0.00251. The van der Waals surface area contributed by atoms with Gasteiger partial charge >= 0.3 is 0 Å². The smallest absolute Gasteiger partial charge is 0.207 e. The van der Waals surface area contributed by atoms with Crippen LogP contribution in [-0.2, 0) is 6.54 Å². The maximum atomic E-state index is 14.1. The summed E-state index contributed by atoms with van der Waals surface area (Å²) < 4.78 is 16.4. The number of aromatic nitrogens is 1. The molecule has 0 saturated heterocycles. The molecule has 0 N–H and O–H groups in total. The van der Waals surface area contributed by atoms with Crippen LogP contribution in [0, 0.1) is 17.1 Å². The molecule has 0 spiro atoms. The quantitative estimate of drug-likeness (QED) is 0.647. The van der Waals surface area contributed by atoms with Gasteiger partial charge in [-0.1, -0.05) is 33.6 Å². The van der Waals surface area contributed by atoms with E-state index in [1.165, 1.54) is 18.3 Å². The lowest BCUT2D eigenvalue weighted by Crippen LogP contribution is -2.14. The molecule has 1 aromatic heterocycles. The molecular formula is C17H9BrClFN2O. The zero-order chi connectivity index (χ0) is 16.6. The Morgan fingerprint density at radius 2 is 2.04 bits per heavy atom. The molecule has 3 rings (SSSR count). The summed E-state index contributed by atoms with van der Waals surface area (Å²) in [5.41, 5.74) is 0.674. The van der Waals surface area contributed by atoms with E-state index in [1.807, 2.05) is 6.07 Å². The number of pyridine rings is 1. The number of hydrogen-bond acceptors (Lipinski definition) is 2. The van der Waals surface area contributed by atoms with Crippen LogP contribution in [0.25, 0.3) is 10.9 Å². The summed E-state index contributed by atoms with van der Waals surface area (Å²) in [5, 5.41) is 9.90. The zero-order valence-electron chi connectivity index (χ0n) is 11.7. The molecule has 1 heterocycles. The topological polar surface area (TPSA) is 45.8 Å². The third-order valence-electron chi connectivity index (χ3n) is 3.52. The van der Waals surface area contributed by atoms with Gasteiger partial charge in [-0.2, -0.15) is 5.26 Å². The standard InChI is InChI=1S/C17H9BrClFN2O/c18-12-2-1-10(15(20)5-12)8-22-9-11(7-21)17(23)14-6-13(19)3-4-16(14)22/h1-6,9H,8H2. The van der Waals surface area contributed by atoms with Crippen LogP contribution in [0.2, 0.25) is 5.02 Å². The van der Waals surface area contributed by atoms with Gasteiger partial charge in [0.25, 0.3) is 0 Å². The molecule has 114 valence electrons. The van der Waals surface area contributed by atoms with Crippen LogP contribution in [0.15, 0.2) is 51.9 Å². The van der Waals surface area contributed by atoms with Crippen molar-refractivity contribution in [2.24, 2.45) is 0 Å². The predicted octanol–water partition coefficient (Wildman–Crippen LogP) is 4.48. The second kappa shape index (κ2) is 6.15. The lowest BCUT2D eigenvalue weighted by Gasteiger charge is -2.13. The zero-order valence-corrected chi connectivity index (χ0v) is 14.0. The van der Waals surface area contributed by atoms with E-state index >= 15 is 0 Å². The predicted molar refractivity (Wildman–Crippen MR) is 91.1 cm³/mol. The highest BCUT2D eigenvalue weighted by atomic mass is 79.9. The van der Waals surface area contributed by atoms with Crippen LogP contribution in [0.5, 0.6) is 0 Å². The number of nitrogens with zero attached hydrogens (tertiary/aromatic N) is 2. The van der Waals surface area contributed by atoms with Crippen molar-refractivity contribution in [1.82, 2.24) is 4.57 Å².